The minimum absolute atomic E-state index is 0.165. The predicted octanol–water partition coefficient (Wildman–Crippen LogP) is 2.83. The average Bonchev–Trinajstić information content (AvgIpc) is 2.04. The van der Waals surface area contributed by atoms with Crippen molar-refractivity contribution in [3.05, 3.63) is 29.6 Å². The first-order valence-electron chi connectivity index (χ1n) is 4.17. The summed E-state index contributed by atoms with van der Waals surface area (Å²) in [5.41, 5.74) is 2.13. The number of benzene rings is 1. The van der Waals surface area contributed by atoms with Crippen molar-refractivity contribution in [2.24, 2.45) is 0 Å². The number of anilines is 1. The van der Waals surface area contributed by atoms with Gasteiger partial charge in [-0.25, -0.2) is 4.39 Å². The topological polar surface area (TPSA) is 3.24 Å². The Bertz CT molecular complexity index is 286. The van der Waals surface area contributed by atoms with E-state index in [1.54, 1.807) is 6.07 Å². The second-order valence-corrected chi connectivity index (χ2v) is 3.90. The van der Waals surface area contributed by atoms with E-state index in [1.807, 2.05) is 25.1 Å². The van der Waals surface area contributed by atoms with Gasteiger partial charge in [0.05, 0.1) is 0 Å². The highest BCUT2D eigenvalue weighted by atomic mass is 79.9. The molecule has 3 heteroatoms. The molecule has 0 radical (unpaired) electrons. The van der Waals surface area contributed by atoms with Crippen LogP contribution in [0.2, 0.25) is 0 Å². The molecular weight excluding hydrogens is 233 g/mol. The maximum atomic E-state index is 12.9. The van der Waals surface area contributed by atoms with Crippen LogP contribution in [0.3, 0.4) is 0 Å². The highest BCUT2D eigenvalue weighted by molar-refractivity contribution is 9.09. The Morgan fingerprint density at radius 3 is 2.62 bits per heavy atom. The third-order valence-corrected chi connectivity index (χ3v) is 2.28. The van der Waals surface area contributed by atoms with Crippen LogP contribution >= 0.6 is 15.9 Å². The Labute approximate surface area is 86.7 Å². The third kappa shape index (κ3) is 2.69. The molecular formula is C10H13BrFN. The maximum absolute atomic E-state index is 12.9. The smallest absolute Gasteiger partial charge is 0.123 e. The van der Waals surface area contributed by atoms with Crippen LogP contribution in [0.4, 0.5) is 10.1 Å². The summed E-state index contributed by atoms with van der Waals surface area (Å²) in [5.74, 6) is -0.165. The van der Waals surface area contributed by atoms with Crippen molar-refractivity contribution in [1.82, 2.24) is 0 Å². The molecule has 0 aliphatic rings. The van der Waals surface area contributed by atoms with Crippen molar-refractivity contribution in [2.75, 3.05) is 24.3 Å². The fourth-order valence-corrected chi connectivity index (χ4v) is 1.72. The van der Waals surface area contributed by atoms with Crippen LogP contribution in [-0.4, -0.2) is 19.4 Å². The Kier molecular flexibility index (Phi) is 3.72. The summed E-state index contributed by atoms with van der Waals surface area (Å²) in [6.45, 7) is 0. The molecule has 72 valence electrons. The van der Waals surface area contributed by atoms with Crippen molar-refractivity contribution in [2.45, 2.75) is 6.42 Å². The minimum Gasteiger partial charge on any atom is -0.377 e. The van der Waals surface area contributed by atoms with Crippen molar-refractivity contribution < 1.29 is 4.39 Å². The number of nitrogens with zero attached hydrogens (tertiary/aromatic N) is 1. The number of aryl methyl sites for hydroxylation is 1. The van der Waals surface area contributed by atoms with Crippen molar-refractivity contribution >= 4 is 21.6 Å². The molecule has 1 rings (SSSR count). The van der Waals surface area contributed by atoms with Gasteiger partial charge in [-0.2, -0.15) is 0 Å². The molecule has 1 aromatic carbocycles. The zero-order chi connectivity index (χ0) is 9.84. The molecule has 0 unspecified atom stereocenters. The Balaban J connectivity index is 3.03. The molecule has 0 N–H and O–H groups in total. The van der Waals surface area contributed by atoms with Crippen molar-refractivity contribution in [3.8, 4) is 0 Å². The van der Waals surface area contributed by atoms with E-state index in [4.69, 9.17) is 0 Å². The summed E-state index contributed by atoms with van der Waals surface area (Å²) >= 11 is 3.35. The van der Waals surface area contributed by atoms with Gasteiger partial charge in [0.15, 0.2) is 0 Å². The van der Waals surface area contributed by atoms with E-state index in [-0.39, 0.29) is 5.82 Å². The lowest BCUT2D eigenvalue weighted by Gasteiger charge is -2.16. The zero-order valence-electron chi connectivity index (χ0n) is 7.85. The molecule has 0 aliphatic heterocycles. The highest BCUT2D eigenvalue weighted by Crippen LogP contribution is 2.20. The number of alkyl halides is 1. The largest absolute Gasteiger partial charge is 0.377 e. The molecule has 0 saturated heterocycles. The van der Waals surface area contributed by atoms with Crippen LogP contribution in [0.25, 0.3) is 0 Å². The normalized spacial score (nSPS) is 10.2. The zero-order valence-corrected chi connectivity index (χ0v) is 9.44. The maximum Gasteiger partial charge on any atom is 0.123 e. The monoisotopic (exact) mass is 245 g/mol. The molecule has 0 fully saturated rings. The van der Waals surface area contributed by atoms with Crippen molar-refractivity contribution in [1.29, 1.82) is 0 Å². The Morgan fingerprint density at radius 2 is 2.08 bits per heavy atom. The highest BCUT2D eigenvalue weighted by Gasteiger charge is 2.04. The number of rotatable bonds is 3. The summed E-state index contributed by atoms with van der Waals surface area (Å²) in [4.78, 5) is 2.00. The number of halogens is 2. The number of hydrogen-bond donors (Lipinski definition) is 0. The van der Waals surface area contributed by atoms with E-state index in [0.717, 1.165) is 23.0 Å². The van der Waals surface area contributed by atoms with Gasteiger partial charge in [0.1, 0.15) is 5.82 Å². The van der Waals surface area contributed by atoms with Crippen LogP contribution in [-0.2, 0) is 6.42 Å². The van der Waals surface area contributed by atoms with E-state index in [9.17, 15) is 4.39 Å². The van der Waals surface area contributed by atoms with Crippen LogP contribution in [0, 0.1) is 5.82 Å². The molecule has 0 aromatic heterocycles. The molecule has 0 amide bonds. The summed E-state index contributed by atoms with van der Waals surface area (Å²) in [6.07, 6.45) is 0.852. The average molecular weight is 246 g/mol. The first-order valence-corrected chi connectivity index (χ1v) is 5.29. The van der Waals surface area contributed by atoms with Crippen molar-refractivity contribution in [3.63, 3.8) is 0 Å². The molecule has 0 atom stereocenters. The van der Waals surface area contributed by atoms with Crippen LogP contribution in [0.5, 0.6) is 0 Å². The summed E-state index contributed by atoms with van der Waals surface area (Å²) in [5, 5.41) is 0.858. The standard InChI is InChI=1S/C10H13BrFN/c1-13(2)10-4-3-9(12)7-8(10)5-6-11/h3-4,7H,5-6H2,1-2H3. The molecule has 1 aromatic rings. The first-order chi connectivity index (χ1) is 6.15. The predicted molar refractivity (Wildman–Crippen MR) is 58.2 cm³/mol. The van der Waals surface area contributed by atoms with Gasteiger partial charge in [0.25, 0.3) is 0 Å². The van der Waals surface area contributed by atoms with E-state index >= 15 is 0 Å². The Hall–Kier alpha value is -0.570. The minimum atomic E-state index is -0.165. The molecule has 0 aliphatic carbocycles. The first kappa shape index (κ1) is 10.5. The van der Waals surface area contributed by atoms with Gasteiger partial charge < -0.3 is 4.90 Å². The van der Waals surface area contributed by atoms with E-state index < -0.39 is 0 Å². The lowest BCUT2D eigenvalue weighted by Crippen LogP contribution is -2.11. The fourth-order valence-electron chi connectivity index (χ4n) is 1.29. The van der Waals surface area contributed by atoms with Gasteiger partial charge in [0.2, 0.25) is 0 Å². The fraction of sp³-hybridized carbons (Fsp3) is 0.400. The van der Waals surface area contributed by atoms with Gasteiger partial charge in [-0.15, -0.1) is 0 Å². The molecule has 0 heterocycles. The molecule has 1 nitrogen and oxygen atoms in total. The van der Waals surface area contributed by atoms with Gasteiger partial charge in [-0.05, 0) is 30.2 Å². The van der Waals surface area contributed by atoms with Gasteiger partial charge >= 0.3 is 0 Å². The second kappa shape index (κ2) is 4.61. The van der Waals surface area contributed by atoms with E-state index in [0.29, 0.717) is 0 Å². The second-order valence-electron chi connectivity index (χ2n) is 3.11. The SMILES string of the molecule is CN(C)c1ccc(F)cc1CCBr. The summed E-state index contributed by atoms with van der Waals surface area (Å²) in [7, 11) is 3.93. The molecule has 0 bridgehead atoms. The number of hydrogen-bond acceptors (Lipinski definition) is 1. The summed E-state index contributed by atoms with van der Waals surface area (Å²) < 4.78 is 12.9. The molecule has 0 saturated carbocycles. The molecule has 0 spiro atoms. The van der Waals surface area contributed by atoms with Gasteiger partial charge in [0, 0.05) is 25.1 Å². The van der Waals surface area contributed by atoms with Crippen LogP contribution < -0.4 is 4.90 Å². The van der Waals surface area contributed by atoms with E-state index in [1.165, 1.54) is 6.07 Å². The van der Waals surface area contributed by atoms with Crippen LogP contribution in [0.15, 0.2) is 18.2 Å². The summed E-state index contributed by atoms with van der Waals surface area (Å²) in [6, 6.07) is 4.90. The Morgan fingerprint density at radius 1 is 1.38 bits per heavy atom. The van der Waals surface area contributed by atoms with Gasteiger partial charge in [-0.3, -0.25) is 0 Å². The van der Waals surface area contributed by atoms with E-state index in [2.05, 4.69) is 15.9 Å². The lowest BCUT2D eigenvalue weighted by atomic mass is 10.1. The lowest BCUT2D eigenvalue weighted by molar-refractivity contribution is 0.625. The quantitative estimate of drug-likeness (QED) is 0.741. The van der Waals surface area contributed by atoms with Crippen LogP contribution in [0.1, 0.15) is 5.56 Å². The van der Waals surface area contributed by atoms with Gasteiger partial charge in [-0.1, -0.05) is 15.9 Å². The third-order valence-electron chi connectivity index (χ3n) is 1.89. The molecule has 13 heavy (non-hydrogen) atoms.